The molecule has 2 unspecified atom stereocenters. The van der Waals surface area contributed by atoms with Gasteiger partial charge in [0.2, 0.25) is 0 Å². The lowest BCUT2D eigenvalue weighted by Crippen LogP contribution is -2.33. The monoisotopic (exact) mass is 288 g/mol. The van der Waals surface area contributed by atoms with Crippen molar-refractivity contribution in [1.82, 2.24) is 4.90 Å². The van der Waals surface area contributed by atoms with E-state index in [1.807, 2.05) is 7.05 Å². The summed E-state index contributed by atoms with van der Waals surface area (Å²) in [6.07, 6.45) is 2.75. The summed E-state index contributed by atoms with van der Waals surface area (Å²) >= 11 is 1.80. The SMILES string of the molecule is CSCC(C)N(C)CCC(N)c1cc(F)cc(F)c1. The molecule has 0 saturated heterocycles. The van der Waals surface area contributed by atoms with Crippen LogP contribution in [0, 0.1) is 11.6 Å². The molecule has 0 heterocycles. The molecule has 0 saturated carbocycles. The smallest absolute Gasteiger partial charge is 0.126 e. The second-order valence-electron chi connectivity index (χ2n) is 4.88. The van der Waals surface area contributed by atoms with Gasteiger partial charge in [-0.3, -0.25) is 0 Å². The Morgan fingerprint density at radius 2 is 1.84 bits per heavy atom. The highest BCUT2D eigenvalue weighted by Crippen LogP contribution is 2.18. The van der Waals surface area contributed by atoms with E-state index in [4.69, 9.17) is 5.73 Å². The molecule has 2 atom stereocenters. The maximum Gasteiger partial charge on any atom is 0.126 e. The van der Waals surface area contributed by atoms with Crippen LogP contribution in [-0.2, 0) is 0 Å². The molecule has 1 rings (SSSR count). The maximum absolute atomic E-state index is 13.1. The third-order valence-corrected chi connectivity index (χ3v) is 4.08. The van der Waals surface area contributed by atoms with Crippen molar-refractivity contribution in [3.63, 3.8) is 0 Å². The Bertz CT molecular complexity index is 381. The molecule has 108 valence electrons. The van der Waals surface area contributed by atoms with E-state index in [1.165, 1.54) is 12.1 Å². The van der Waals surface area contributed by atoms with Crippen LogP contribution in [0.4, 0.5) is 8.78 Å². The van der Waals surface area contributed by atoms with E-state index in [2.05, 4.69) is 18.1 Å². The molecule has 0 radical (unpaired) electrons. The fraction of sp³-hybridized carbons (Fsp3) is 0.571. The Labute approximate surface area is 118 Å². The Hall–Kier alpha value is -0.650. The Morgan fingerprint density at radius 1 is 1.26 bits per heavy atom. The van der Waals surface area contributed by atoms with E-state index in [0.29, 0.717) is 18.0 Å². The number of nitrogens with two attached hydrogens (primary N) is 1. The lowest BCUT2D eigenvalue weighted by Gasteiger charge is -2.25. The fourth-order valence-electron chi connectivity index (χ4n) is 1.89. The highest BCUT2D eigenvalue weighted by atomic mass is 32.2. The summed E-state index contributed by atoms with van der Waals surface area (Å²) in [5.74, 6) is -0.0931. The second-order valence-corrected chi connectivity index (χ2v) is 5.79. The molecule has 2 nitrogen and oxygen atoms in total. The Morgan fingerprint density at radius 3 is 2.37 bits per heavy atom. The van der Waals surface area contributed by atoms with E-state index in [1.54, 1.807) is 11.8 Å². The van der Waals surface area contributed by atoms with Crippen molar-refractivity contribution in [2.75, 3.05) is 25.6 Å². The number of thioether (sulfide) groups is 1. The molecule has 0 spiro atoms. The zero-order chi connectivity index (χ0) is 14.4. The van der Waals surface area contributed by atoms with E-state index in [-0.39, 0.29) is 6.04 Å². The molecule has 0 aliphatic rings. The van der Waals surface area contributed by atoms with E-state index >= 15 is 0 Å². The molecule has 1 aromatic rings. The number of hydrogen-bond donors (Lipinski definition) is 1. The first kappa shape index (κ1) is 16.4. The van der Waals surface area contributed by atoms with Gasteiger partial charge >= 0.3 is 0 Å². The largest absolute Gasteiger partial charge is 0.324 e. The molecule has 0 bridgehead atoms. The summed E-state index contributed by atoms with van der Waals surface area (Å²) in [5, 5.41) is 0. The van der Waals surface area contributed by atoms with Gasteiger partial charge in [-0.05, 0) is 50.9 Å². The predicted molar refractivity (Wildman–Crippen MR) is 78.4 cm³/mol. The number of nitrogens with zero attached hydrogens (tertiary/aromatic N) is 1. The lowest BCUT2D eigenvalue weighted by molar-refractivity contribution is 0.267. The Balaban J connectivity index is 2.53. The second kappa shape index (κ2) is 7.82. The summed E-state index contributed by atoms with van der Waals surface area (Å²) in [7, 11) is 2.04. The van der Waals surface area contributed by atoms with Crippen LogP contribution in [0.5, 0.6) is 0 Å². The molecule has 1 aromatic carbocycles. The quantitative estimate of drug-likeness (QED) is 0.836. The van der Waals surface area contributed by atoms with E-state index in [0.717, 1.165) is 18.4 Å². The van der Waals surface area contributed by atoms with Gasteiger partial charge in [0.1, 0.15) is 11.6 Å². The summed E-state index contributed by atoms with van der Waals surface area (Å²) in [5.41, 5.74) is 6.51. The number of rotatable bonds is 7. The predicted octanol–water partition coefficient (Wildman–Crippen LogP) is 3.04. The van der Waals surface area contributed by atoms with Crippen LogP contribution < -0.4 is 5.73 Å². The van der Waals surface area contributed by atoms with E-state index in [9.17, 15) is 8.78 Å². The summed E-state index contributed by atoms with van der Waals surface area (Å²) in [6, 6.07) is 3.60. The van der Waals surface area contributed by atoms with Crippen molar-refractivity contribution in [3.8, 4) is 0 Å². The van der Waals surface area contributed by atoms with Crippen LogP contribution in [0.2, 0.25) is 0 Å². The van der Waals surface area contributed by atoms with Crippen molar-refractivity contribution in [2.24, 2.45) is 5.73 Å². The van der Waals surface area contributed by atoms with Gasteiger partial charge in [0.05, 0.1) is 0 Å². The average Bonchev–Trinajstić information content (AvgIpc) is 2.34. The number of hydrogen-bond acceptors (Lipinski definition) is 3. The topological polar surface area (TPSA) is 29.3 Å². The van der Waals surface area contributed by atoms with Crippen molar-refractivity contribution in [1.29, 1.82) is 0 Å². The van der Waals surface area contributed by atoms with E-state index < -0.39 is 11.6 Å². The van der Waals surface area contributed by atoms with Crippen LogP contribution in [0.3, 0.4) is 0 Å². The minimum atomic E-state index is -0.574. The molecular formula is C14H22F2N2S. The van der Waals surface area contributed by atoms with Gasteiger partial charge < -0.3 is 10.6 Å². The molecule has 0 fully saturated rings. The van der Waals surface area contributed by atoms with Crippen LogP contribution in [0.15, 0.2) is 18.2 Å². The fourth-order valence-corrected chi connectivity index (χ4v) is 2.62. The molecule has 5 heteroatoms. The van der Waals surface area contributed by atoms with Gasteiger partial charge in [0, 0.05) is 23.9 Å². The highest BCUT2D eigenvalue weighted by molar-refractivity contribution is 7.98. The van der Waals surface area contributed by atoms with Gasteiger partial charge in [-0.2, -0.15) is 11.8 Å². The molecule has 0 aromatic heterocycles. The minimum absolute atomic E-state index is 0.339. The molecule has 19 heavy (non-hydrogen) atoms. The van der Waals surface area contributed by atoms with Gasteiger partial charge in [0.25, 0.3) is 0 Å². The van der Waals surface area contributed by atoms with Gasteiger partial charge in [-0.15, -0.1) is 0 Å². The van der Waals surface area contributed by atoms with Crippen molar-refractivity contribution >= 4 is 11.8 Å². The molecule has 2 N–H and O–H groups in total. The third kappa shape index (κ3) is 5.47. The minimum Gasteiger partial charge on any atom is -0.324 e. The average molecular weight is 288 g/mol. The number of benzene rings is 1. The van der Waals surface area contributed by atoms with Crippen LogP contribution in [0.25, 0.3) is 0 Å². The summed E-state index contributed by atoms with van der Waals surface area (Å²) in [4.78, 5) is 2.21. The van der Waals surface area contributed by atoms with Gasteiger partial charge in [0.15, 0.2) is 0 Å². The maximum atomic E-state index is 13.1. The lowest BCUT2D eigenvalue weighted by atomic mass is 10.0. The van der Waals surface area contributed by atoms with Gasteiger partial charge in [-0.1, -0.05) is 0 Å². The van der Waals surface area contributed by atoms with Crippen LogP contribution in [0.1, 0.15) is 24.9 Å². The molecule has 0 aliphatic carbocycles. The zero-order valence-electron chi connectivity index (χ0n) is 11.7. The van der Waals surface area contributed by atoms with Crippen LogP contribution >= 0.6 is 11.8 Å². The first-order valence-corrected chi connectivity index (χ1v) is 7.74. The molecule has 0 amide bonds. The third-order valence-electron chi connectivity index (χ3n) is 3.27. The highest BCUT2D eigenvalue weighted by Gasteiger charge is 2.13. The number of halogens is 2. The standard InChI is InChI=1S/C14H22F2N2S/c1-10(9-19-3)18(2)5-4-14(17)11-6-12(15)8-13(16)7-11/h6-8,10,14H,4-5,9,17H2,1-3H3. The van der Waals surface area contributed by atoms with Gasteiger partial charge in [-0.25, -0.2) is 8.78 Å². The van der Waals surface area contributed by atoms with Crippen molar-refractivity contribution < 1.29 is 8.78 Å². The molecular weight excluding hydrogens is 266 g/mol. The normalized spacial score (nSPS) is 14.7. The molecule has 0 aliphatic heterocycles. The Kier molecular flexibility index (Phi) is 6.75. The van der Waals surface area contributed by atoms with Crippen molar-refractivity contribution in [3.05, 3.63) is 35.4 Å². The summed E-state index contributed by atoms with van der Waals surface area (Å²) < 4.78 is 26.2. The first-order chi connectivity index (χ1) is 8.93. The van der Waals surface area contributed by atoms with Crippen LogP contribution in [-0.4, -0.2) is 36.5 Å². The van der Waals surface area contributed by atoms with Crippen molar-refractivity contribution in [2.45, 2.75) is 25.4 Å². The summed E-state index contributed by atoms with van der Waals surface area (Å²) in [6.45, 7) is 2.96. The first-order valence-electron chi connectivity index (χ1n) is 6.34. The zero-order valence-corrected chi connectivity index (χ0v) is 12.5.